The SMILES string of the molecule is Cc1cc(C(=O)Nc2ccc(C(C)(C)C)cc2)nc(N2CCN(C)CC2)n1. The van der Waals surface area contributed by atoms with E-state index in [1.807, 2.05) is 19.1 Å². The molecule has 1 aliphatic rings. The molecule has 0 saturated carbocycles. The highest BCUT2D eigenvalue weighted by atomic mass is 16.1. The van der Waals surface area contributed by atoms with Crippen molar-refractivity contribution in [1.29, 1.82) is 0 Å². The van der Waals surface area contributed by atoms with Gasteiger partial charge in [-0.3, -0.25) is 4.79 Å². The number of carbonyl (C=O) groups is 1. The first-order valence-electron chi connectivity index (χ1n) is 9.43. The van der Waals surface area contributed by atoms with Crippen molar-refractivity contribution < 1.29 is 4.79 Å². The second kappa shape index (κ2) is 7.64. The fourth-order valence-electron chi connectivity index (χ4n) is 3.07. The van der Waals surface area contributed by atoms with E-state index in [4.69, 9.17) is 0 Å². The monoisotopic (exact) mass is 367 g/mol. The number of nitrogens with one attached hydrogen (secondary N) is 1. The van der Waals surface area contributed by atoms with Crippen LogP contribution in [0.25, 0.3) is 0 Å². The number of rotatable bonds is 3. The van der Waals surface area contributed by atoms with Gasteiger partial charge in [-0.05, 0) is 43.1 Å². The topological polar surface area (TPSA) is 61.4 Å². The average Bonchev–Trinajstić information content (AvgIpc) is 2.61. The lowest BCUT2D eigenvalue weighted by Crippen LogP contribution is -2.45. The molecule has 1 aromatic heterocycles. The number of nitrogens with zero attached hydrogens (tertiary/aromatic N) is 4. The van der Waals surface area contributed by atoms with E-state index in [2.05, 4.69) is 65.0 Å². The average molecular weight is 367 g/mol. The number of aromatic nitrogens is 2. The van der Waals surface area contributed by atoms with Gasteiger partial charge in [0.05, 0.1) is 0 Å². The van der Waals surface area contributed by atoms with Crippen LogP contribution in [0.1, 0.15) is 42.5 Å². The predicted octanol–water partition coefficient (Wildman–Crippen LogP) is 3.09. The van der Waals surface area contributed by atoms with Crippen LogP contribution in [0.4, 0.5) is 11.6 Å². The summed E-state index contributed by atoms with van der Waals surface area (Å²) in [5, 5.41) is 2.95. The minimum atomic E-state index is -0.209. The molecule has 0 spiro atoms. The van der Waals surface area contributed by atoms with Crippen LogP contribution in [0.15, 0.2) is 30.3 Å². The molecule has 0 aliphatic carbocycles. The van der Waals surface area contributed by atoms with Gasteiger partial charge >= 0.3 is 0 Å². The quantitative estimate of drug-likeness (QED) is 0.903. The Hall–Kier alpha value is -2.47. The van der Waals surface area contributed by atoms with E-state index in [1.165, 1.54) is 5.56 Å². The van der Waals surface area contributed by atoms with Crippen LogP contribution >= 0.6 is 0 Å². The third-order valence-corrected chi connectivity index (χ3v) is 4.87. The molecule has 2 heterocycles. The maximum absolute atomic E-state index is 12.7. The van der Waals surface area contributed by atoms with Crippen molar-refractivity contribution in [3.05, 3.63) is 47.3 Å². The number of benzene rings is 1. The molecule has 0 bridgehead atoms. The van der Waals surface area contributed by atoms with Gasteiger partial charge in [0.15, 0.2) is 0 Å². The molecule has 1 aromatic carbocycles. The maximum atomic E-state index is 12.7. The Balaban J connectivity index is 1.74. The van der Waals surface area contributed by atoms with Crippen molar-refractivity contribution in [2.24, 2.45) is 0 Å². The summed E-state index contributed by atoms with van der Waals surface area (Å²) >= 11 is 0. The van der Waals surface area contributed by atoms with Gasteiger partial charge in [0, 0.05) is 37.6 Å². The number of piperazine rings is 1. The highest BCUT2D eigenvalue weighted by Crippen LogP contribution is 2.23. The van der Waals surface area contributed by atoms with Gasteiger partial charge in [-0.15, -0.1) is 0 Å². The van der Waals surface area contributed by atoms with Crippen LogP contribution in [-0.4, -0.2) is 54.0 Å². The molecule has 6 nitrogen and oxygen atoms in total. The van der Waals surface area contributed by atoms with Crippen molar-refractivity contribution in [3.8, 4) is 0 Å². The number of likely N-dealkylation sites (N-methyl/N-ethyl adjacent to an activating group) is 1. The Labute approximate surface area is 161 Å². The van der Waals surface area contributed by atoms with Crippen LogP contribution in [0, 0.1) is 6.92 Å². The van der Waals surface area contributed by atoms with Crippen molar-refractivity contribution in [2.75, 3.05) is 43.4 Å². The molecule has 0 unspecified atom stereocenters. The summed E-state index contributed by atoms with van der Waals surface area (Å²) in [6, 6.07) is 9.72. The number of carbonyl (C=O) groups excluding carboxylic acids is 1. The molecule has 2 aromatic rings. The summed E-state index contributed by atoms with van der Waals surface area (Å²) in [7, 11) is 2.11. The molecule has 1 aliphatic heterocycles. The summed E-state index contributed by atoms with van der Waals surface area (Å²) in [6.07, 6.45) is 0. The molecule has 0 atom stereocenters. The van der Waals surface area contributed by atoms with Crippen LogP contribution in [0.3, 0.4) is 0 Å². The number of hydrogen-bond donors (Lipinski definition) is 1. The third kappa shape index (κ3) is 4.83. The van der Waals surface area contributed by atoms with E-state index in [0.717, 1.165) is 37.6 Å². The molecule has 144 valence electrons. The molecule has 1 amide bonds. The number of anilines is 2. The van der Waals surface area contributed by atoms with E-state index in [-0.39, 0.29) is 11.3 Å². The van der Waals surface area contributed by atoms with Gasteiger partial charge in [0.25, 0.3) is 5.91 Å². The molecule has 1 saturated heterocycles. The minimum absolute atomic E-state index is 0.0870. The Morgan fingerprint density at radius 3 is 2.26 bits per heavy atom. The number of aryl methyl sites for hydroxylation is 1. The lowest BCUT2D eigenvalue weighted by atomic mass is 9.87. The zero-order chi connectivity index (χ0) is 19.6. The van der Waals surface area contributed by atoms with E-state index in [0.29, 0.717) is 11.6 Å². The molecule has 3 rings (SSSR count). The first kappa shape index (κ1) is 19.3. The van der Waals surface area contributed by atoms with Gasteiger partial charge in [-0.2, -0.15) is 0 Å². The normalized spacial score (nSPS) is 15.7. The summed E-state index contributed by atoms with van der Waals surface area (Å²) in [5.74, 6) is 0.427. The maximum Gasteiger partial charge on any atom is 0.274 e. The van der Waals surface area contributed by atoms with Crippen LogP contribution in [0.5, 0.6) is 0 Å². The Bertz CT molecular complexity index is 802. The molecule has 6 heteroatoms. The summed E-state index contributed by atoms with van der Waals surface area (Å²) in [5.41, 5.74) is 3.29. The standard InChI is InChI=1S/C21H29N5O/c1-15-14-18(24-20(22-15)26-12-10-25(5)11-13-26)19(27)23-17-8-6-16(7-9-17)21(2,3)4/h6-9,14H,10-13H2,1-5H3,(H,23,27). The molecule has 1 fully saturated rings. The van der Waals surface area contributed by atoms with Gasteiger partial charge in [-0.25, -0.2) is 9.97 Å². The van der Waals surface area contributed by atoms with E-state index in [1.54, 1.807) is 6.07 Å². The van der Waals surface area contributed by atoms with Gasteiger partial charge in [0.2, 0.25) is 5.95 Å². The fourth-order valence-corrected chi connectivity index (χ4v) is 3.07. The molecular formula is C21H29N5O. The van der Waals surface area contributed by atoms with Gasteiger partial charge in [-0.1, -0.05) is 32.9 Å². The van der Waals surface area contributed by atoms with Crippen LogP contribution in [-0.2, 0) is 5.41 Å². The first-order chi connectivity index (χ1) is 12.7. The first-order valence-corrected chi connectivity index (χ1v) is 9.43. The Morgan fingerprint density at radius 2 is 1.67 bits per heavy atom. The molecule has 1 N–H and O–H groups in total. The summed E-state index contributed by atoms with van der Waals surface area (Å²) in [6.45, 7) is 12.1. The van der Waals surface area contributed by atoms with E-state index < -0.39 is 0 Å². The fraction of sp³-hybridized carbons (Fsp3) is 0.476. The zero-order valence-corrected chi connectivity index (χ0v) is 16.9. The molecule has 27 heavy (non-hydrogen) atoms. The molecular weight excluding hydrogens is 338 g/mol. The van der Waals surface area contributed by atoms with Crippen molar-refractivity contribution >= 4 is 17.5 Å². The summed E-state index contributed by atoms with van der Waals surface area (Å²) < 4.78 is 0. The number of hydrogen-bond acceptors (Lipinski definition) is 5. The number of amides is 1. The predicted molar refractivity (Wildman–Crippen MR) is 110 cm³/mol. The van der Waals surface area contributed by atoms with E-state index >= 15 is 0 Å². The minimum Gasteiger partial charge on any atom is -0.338 e. The second-order valence-corrected chi connectivity index (χ2v) is 8.27. The van der Waals surface area contributed by atoms with Crippen molar-refractivity contribution in [1.82, 2.24) is 14.9 Å². The highest BCUT2D eigenvalue weighted by Gasteiger charge is 2.19. The lowest BCUT2D eigenvalue weighted by molar-refractivity contribution is 0.102. The van der Waals surface area contributed by atoms with Crippen molar-refractivity contribution in [3.63, 3.8) is 0 Å². The van der Waals surface area contributed by atoms with Gasteiger partial charge in [0.1, 0.15) is 5.69 Å². The third-order valence-electron chi connectivity index (χ3n) is 4.87. The lowest BCUT2D eigenvalue weighted by Gasteiger charge is -2.32. The summed E-state index contributed by atoms with van der Waals surface area (Å²) in [4.78, 5) is 26.2. The smallest absolute Gasteiger partial charge is 0.274 e. The van der Waals surface area contributed by atoms with Crippen molar-refractivity contribution in [2.45, 2.75) is 33.1 Å². The van der Waals surface area contributed by atoms with Crippen LogP contribution < -0.4 is 10.2 Å². The zero-order valence-electron chi connectivity index (χ0n) is 16.9. The van der Waals surface area contributed by atoms with Crippen LogP contribution in [0.2, 0.25) is 0 Å². The Kier molecular flexibility index (Phi) is 5.46. The second-order valence-electron chi connectivity index (χ2n) is 8.27. The van der Waals surface area contributed by atoms with Gasteiger partial charge < -0.3 is 15.1 Å². The molecule has 0 radical (unpaired) electrons. The largest absolute Gasteiger partial charge is 0.338 e. The Morgan fingerprint density at radius 1 is 1.04 bits per heavy atom. The van der Waals surface area contributed by atoms with E-state index in [9.17, 15) is 4.79 Å². The highest BCUT2D eigenvalue weighted by molar-refractivity contribution is 6.03.